The molecule has 14 heavy (non-hydrogen) atoms. The molecule has 0 spiro atoms. The lowest BCUT2D eigenvalue weighted by molar-refractivity contribution is 0.0512. The molecule has 1 aromatic carbocycles. The van der Waals surface area contributed by atoms with Crippen LogP contribution in [0.15, 0.2) is 18.2 Å². The van der Waals surface area contributed by atoms with Gasteiger partial charge in [0, 0.05) is 7.11 Å². The lowest BCUT2D eigenvalue weighted by atomic mass is 9.80. The molecule has 0 aliphatic carbocycles. The predicted octanol–water partition coefficient (Wildman–Crippen LogP) is 0.00250. The highest BCUT2D eigenvalue weighted by atomic mass is 35.5. The normalized spacial score (nSPS) is 10.0. The molecule has 0 heterocycles. The standard InChI is InChI=1S/C8H10BClO4/c1-13-5-14-8-3-2-6(9(11)12)4-7(8)10/h2-4,11-12H,5H2,1H3. The number of halogens is 1. The fraction of sp³-hybridized carbons (Fsp3) is 0.250. The number of ether oxygens (including phenoxy) is 2. The third-order valence-electron chi connectivity index (χ3n) is 1.59. The van der Waals surface area contributed by atoms with Gasteiger partial charge in [0.2, 0.25) is 0 Å². The summed E-state index contributed by atoms with van der Waals surface area (Å²) in [6, 6.07) is 4.49. The first-order valence-electron chi connectivity index (χ1n) is 3.92. The summed E-state index contributed by atoms with van der Waals surface area (Å²) in [5, 5.41) is 18.0. The minimum Gasteiger partial charge on any atom is -0.466 e. The first-order valence-corrected chi connectivity index (χ1v) is 4.30. The van der Waals surface area contributed by atoms with Crippen molar-refractivity contribution in [2.45, 2.75) is 0 Å². The maximum atomic E-state index is 8.85. The van der Waals surface area contributed by atoms with Crippen molar-refractivity contribution in [1.82, 2.24) is 0 Å². The van der Waals surface area contributed by atoms with Gasteiger partial charge in [-0.1, -0.05) is 17.7 Å². The Morgan fingerprint density at radius 3 is 2.64 bits per heavy atom. The summed E-state index contributed by atoms with van der Waals surface area (Å²) in [4.78, 5) is 0. The van der Waals surface area contributed by atoms with E-state index in [2.05, 4.69) is 0 Å². The second-order valence-electron chi connectivity index (χ2n) is 2.61. The Morgan fingerprint density at radius 2 is 2.14 bits per heavy atom. The molecule has 0 fully saturated rings. The monoisotopic (exact) mass is 216 g/mol. The summed E-state index contributed by atoms with van der Waals surface area (Å²) >= 11 is 5.81. The molecule has 0 amide bonds. The molecule has 0 aliphatic rings. The van der Waals surface area contributed by atoms with Crippen LogP contribution in [0.3, 0.4) is 0 Å². The van der Waals surface area contributed by atoms with E-state index in [1.807, 2.05) is 0 Å². The van der Waals surface area contributed by atoms with Crippen molar-refractivity contribution in [3.63, 3.8) is 0 Å². The lowest BCUT2D eigenvalue weighted by Gasteiger charge is -2.07. The molecule has 2 N–H and O–H groups in total. The molecular weight excluding hydrogens is 206 g/mol. The zero-order valence-electron chi connectivity index (χ0n) is 7.61. The third-order valence-corrected chi connectivity index (χ3v) is 1.88. The SMILES string of the molecule is COCOc1ccc(B(O)O)cc1Cl. The van der Waals surface area contributed by atoms with Crippen LogP contribution in [-0.2, 0) is 4.74 Å². The Labute approximate surface area is 87.2 Å². The van der Waals surface area contributed by atoms with E-state index in [4.69, 9.17) is 31.1 Å². The van der Waals surface area contributed by atoms with Crippen LogP contribution in [0.5, 0.6) is 5.75 Å². The van der Waals surface area contributed by atoms with E-state index in [0.717, 1.165) is 0 Å². The maximum Gasteiger partial charge on any atom is 0.488 e. The number of hydrogen-bond donors (Lipinski definition) is 2. The number of benzene rings is 1. The third kappa shape index (κ3) is 2.89. The van der Waals surface area contributed by atoms with Gasteiger partial charge in [0.15, 0.2) is 6.79 Å². The lowest BCUT2D eigenvalue weighted by Crippen LogP contribution is -2.29. The average molecular weight is 216 g/mol. The topological polar surface area (TPSA) is 58.9 Å². The number of hydrogen-bond acceptors (Lipinski definition) is 4. The predicted molar refractivity (Wildman–Crippen MR) is 53.8 cm³/mol. The Balaban J connectivity index is 2.79. The van der Waals surface area contributed by atoms with Crippen LogP contribution >= 0.6 is 11.6 Å². The van der Waals surface area contributed by atoms with Crippen molar-refractivity contribution in [1.29, 1.82) is 0 Å². The van der Waals surface area contributed by atoms with Gasteiger partial charge in [-0.15, -0.1) is 0 Å². The summed E-state index contributed by atoms with van der Waals surface area (Å²) in [7, 11) is -0.0243. The quantitative estimate of drug-likeness (QED) is 0.550. The van der Waals surface area contributed by atoms with Crippen LogP contribution in [0, 0.1) is 0 Å². The second-order valence-corrected chi connectivity index (χ2v) is 3.02. The van der Waals surface area contributed by atoms with Crippen molar-refractivity contribution in [3.05, 3.63) is 23.2 Å². The van der Waals surface area contributed by atoms with Gasteiger partial charge in [-0.25, -0.2) is 0 Å². The van der Waals surface area contributed by atoms with E-state index >= 15 is 0 Å². The molecule has 0 saturated carbocycles. The van der Waals surface area contributed by atoms with Gasteiger partial charge in [-0.2, -0.15) is 0 Å². The Kier molecular flexibility index (Phi) is 4.22. The summed E-state index contributed by atoms with van der Waals surface area (Å²) in [5.41, 5.74) is 0.319. The van der Waals surface area contributed by atoms with Crippen LogP contribution in [-0.4, -0.2) is 31.1 Å². The van der Waals surface area contributed by atoms with Gasteiger partial charge < -0.3 is 19.5 Å². The smallest absolute Gasteiger partial charge is 0.466 e. The van der Waals surface area contributed by atoms with Crippen LogP contribution in [0.2, 0.25) is 5.02 Å². The van der Waals surface area contributed by atoms with Crippen molar-refractivity contribution in [2.75, 3.05) is 13.9 Å². The minimum atomic E-state index is -1.52. The number of rotatable bonds is 4. The van der Waals surface area contributed by atoms with E-state index in [0.29, 0.717) is 16.2 Å². The maximum absolute atomic E-state index is 8.85. The van der Waals surface area contributed by atoms with Gasteiger partial charge in [0.05, 0.1) is 5.02 Å². The fourth-order valence-electron chi connectivity index (χ4n) is 0.917. The van der Waals surface area contributed by atoms with Crippen molar-refractivity contribution >= 4 is 24.2 Å². The first-order chi connectivity index (χ1) is 6.65. The molecule has 0 radical (unpaired) electrons. The van der Waals surface area contributed by atoms with Crippen LogP contribution < -0.4 is 10.2 Å². The zero-order valence-corrected chi connectivity index (χ0v) is 8.36. The van der Waals surface area contributed by atoms with Gasteiger partial charge in [-0.05, 0) is 17.6 Å². The molecule has 0 aliphatic heterocycles. The Hall–Kier alpha value is -0.745. The molecule has 6 heteroatoms. The van der Waals surface area contributed by atoms with E-state index in [1.54, 1.807) is 6.07 Å². The molecule has 0 bridgehead atoms. The van der Waals surface area contributed by atoms with Gasteiger partial charge in [-0.3, -0.25) is 0 Å². The summed E-state index contributed by atoms with van der Waals surface area (Å²) in [6.07, 6.45) is 0. The summed E-state index contributed by atoms with van der Waals surface area (Å²) in [6.45, 7) is 0.0980. The summed E-state index contributed by atoms with van der Waals surface area (Å²) in [5.74, 6) is 0.443. The Morgan fingerprint density at radius 1 is 1.43 bits per heavy atom. The van der Waals surface area contributed by atoms with Crippen LogP contribution in [0.4, 0.5) is 0 Å². The van der Waals surface area contributed by atoms with Crippen molar-refractivity contribution in [3.8, 4) is 5.75 Å². The molecule has 0 atom stereocenters. The Bertz CT molecular complexity index is 305. The van der Waals surface area contributed by atoms with E-state index in [1.165, 1.54) is 19.2 Å². The zero-order chi connectivity index (χ0) is 10.6. The average Bonchev–Trinajstić information content (AvgIpc) is 2.15. The van der Waals surface area contributed by atoms with E-state index in [9.17, 15) is 0 Å². The highest BCUT2D eigenvalue weighted by Gasteiger charge is 2.12. The van der Waals surface area contributed by atoms with E-state index < -0.39 is 7.12 Å². The van der Waals surface area contributed by atoms with Crippen LogP contribution in [0.1, 0.15) is 0 Å². The molecule has 1 aromatic rings. The highest BCUT2D eigenvalue weighted by Crippen LogP contribution is 2.22. The van der Waals surface area contributed by atoms with Crippen molar-refractivity contribution < 1.29 is 19.5 Å². The largest absolute Gasteiger partial charge is 0.488 e. The van der Waals surface area contributed by atoms with Gasteiger partial charge in [0.25, 0.3) is 0 Å². The van der Waals surface area contributed by atoms with E-state index in [-0.39, 0.29) is 6.79 Å². The first kappa shape index (κ1) is 11.3. The molecule has 0 saturated heterocycles. The molecule has 76 valence electrons. The minimum absolute atomic E-state index is 0.0980. The highest BCUT2D eigenvalue weighted by molar-refractivity contribution is 6.59. The van der Waals surface area contributed by atoms with Crippen LogP contribution in [0.25, 0.3) is 0 Å². The molecule has 0 aromatic heterocycles. The van der Waals surface area contributed by atoms with Gasteiger partial charge in [0.1, 0.15) is 5.75 Å². The molecule has 0 unspecified atom stereocenters. The van der Waals surface area contributed by atoms with Crippen molar-refractivity contribution in [2.24, 2.45) is 0 Å². The molecule has 4 nitrogen and oxygen atoms in total. The second kappa shape index (κ2) is 5.21. The van der Waals surface area contributed by atoms with Gasteiger partial charge >= 0.3 is 7.12 Å². The fourth-order valence-corrected chi connectivity index (χ4v) is 1.16. The summed E-state index contributed by atoms with van der Waals surface area (Å²) < 4.78 is 9.80. The molecule has 1 rings (SSSR count). The molecular formula is C8H10BClO4. The number of methoxy groups -OCH3 is 1.